The molecule has 0 N–H and O–H groups in total. The minimum atomic E-state index is 0.399. The van der Waals surface area contributed by atoms with E-state index >= 15 is 0 Å². The molecule has 0 amide bonds. The Morgan fingerprint density at radius 1 is 0.833 bits per heavy atom. The summed E-state index contributed by atoms with van der Waals surface area (Å²) in [6.45, 7) is 13.2. The predicted octanol–water partition coefficient (Wildman–Crippen LogP) is 12.5. The molecule has 0 radical (unpaired) electrons. The summed E-state index contributed by atoms with van der Waals surface area (Å²) in [6.07, 6.45) is 30.3. The molecule has 48 heavy (non-hydrogen) atoms. The van der Waals surface area contributed by atoms with Gasteiger partial charge in [-0.1, -0.05) is 128 Å². The molecule has 3 unspecified atom stereocenters. The SMILES string of the molecule is C#Cc1ccc(CC2CCC(C(C(=C)CCc3ccccc3)c3ccc(C4=CC(C)C=C4)cc3)CC2)cc1C1=CC(CCC(=C)C)C=C1. The highest BCUT2D eigenvalue weighted by molar-refractivity contribution is 5.80. The van der Waals surface area contributed by atoms with Gasteiger partial charge >= 0.3 is 0 Å². The molecule has 6 rings (SSSR count). The first-order valence-electron chi connectivity index (χ1n) is 18.2. The lowest BCUT2D eigenvalue weighted by Crippen LogP contribution is -2.23. The maximum Gasteiger partial charge on any atom is 0.0321 e. The van der Waals surface area contributed by atoms with Gasteiger partial charge in [0.1, 0.15) is 0 Å². The van der Waals surface area contributed by atoms with E-state index in [-0.39, 0.29) is 0 Å². The number of rotatable bonds is 13. The molecule has 1 saturated carbocycles. The van der Waals surface area contributed by atoms with Crippen LogP contribution in [0.15, 0.2) is 134 Å². The monoisotopic (exact) mass is 628 g/mol. The van der Waals surface area contributed by atoms with Crippen molar-refractivity contribution in [2.75, 3.05) is 0 Å². The first-order chi connectivity index (χ1) is 23.4. The fraction of sp³-hybridized carbons (Fsp3) is 0.333. The fourth-order valence-electron chi connectivity index (χ4n) is 8.15. The number of allylic oxidation sites excluding steroid dienone is 10. The first kappa shape index (κ1) is 33.6. The van der Waals surface area contributed by atoms with Crippen molar-refractivity contribution in [1.82, 2.24) is 0 Å². The molecule has 244 valence electrons. The summed E-state index contributed by atoms with van der Waals surface area (Å²) in [7, 11) is 0. The molecule has 0 bridgehead atoms. The van der Waals surface area contributed by atoms with Crippen LogP contribution in [0.4, 0.5) is 0 Å². The van der Waals surface area contributed by atoms with E-state index in [1.807, 2.05) is 0 Å². The van der Waals surface area contributed by atoms with Gasteiger partial charge in [0.15, 0.2) is 0 Å². The summed E-state index contributed by atoms with van der Waals surface area (Å²) in [5.74, 6) is 5.66. The standard InChI is InChI=1S/C48H52/c1-6-41-22-20-40(33-47(41)46-25-19-39(32-46)15-12-34(2)3)31-38-17-23-43(24-18-38)48(36(5)14-16-37-10-8-7-9-11-37)44-28-26-42(27-29-44)45-21-13-35(4)30-45/h1,7-11,13,19-22,25-30,32-33,35,38-39,43,48H,2,5,12,14-18,23-24,31H2,3-4H3. The highest BCUT2D eigenvalue weighted by atomic mass is 14.4. The van der Waals surface area contributed by atoms with Gasteiger partial charge < -0.3 is 0 Å². The lowest BCUT2D eigenvalue weighted by molar-refractivity contribution is 0.252. The lowest BCUT2D eigenvalue weighted by Gasteiger charge is -2.36. The average Bonchev–Trinajstić information content (AvgIpc) is 3.77. The predicted molar refractivity (Wildman–Crippen MR) is 208 cm³/mol. The second kappa shape index (κ2) is 15.7. The molecule has 3 aliphatic carbocycles. The Morgan fingerprint density at radius 2 is 1.58 bits per heavy atom. The second-order valence-electron chi connectivity index (χ2n) is 14.7. The third kappa shape index (κ3) is 8.38. The van der Waals surface area contributed by atoms with Gasteiger partial charge in [0.25, 0.3) is 0 Å². The van der Waals surface area contributed by atoms with E-state index in [4.69, 9.17) is 13.0 Å². The van der Waals surface area contributed by atoms with Crippen LogP contribution in [0.1, 0.15) is 98.1 Å². The Morgan fingerprint density at radius 3 is 2.27 bits per heavy atom. The van der Waals surface area contributed by atoms with Gasteiger partial charge in [-0.15, -0.1) is 13.0 Å². The molecule has 3 aliphatic rings. The molecule has 0 heteroatoms. The van der Waals surface area contributed by atoms with Crippen LogP contribution in [0.2, 0.25) is 0 Å². The summed E-state index contributed by atoms with van der Waals surface area (Å²) in [5, 5.41) is 0. The van der Waals surface area contributed by atoms with E-state index in [9.17, 15) is 0 Å². The number of aryl methyl sites for hydroxylation is 1. The van der Waals surface area contributed by atoms with Crippen molar-refractivity contribution in [3.05, 3.63) is 167 Å². The molecule has 0 saturated heterocycles. The zero-order chi connectivity index (χ0) is 33.5. The van der Waals surface area contributed by atoms with Crippen molar-refractivity contribution in [3.8, 4) is 12.3 Å². The van der Waals surface area contributed by atoms with Crippen molar-refractivity contribution < 1.29 is 0 Å². The van der Waals surface area contributed by atoms with E-state index < -0.39 is 0 Å². The van der Waals surface area contributed by atoms with E-state index in [1.54, 1.807) is 0 Å². The Balaban J connectivity index is 1.14. The number of benzene rings is 3. The van der Waals surface area contributed by atoms with Gasteiger partial charge in [-0.2, -0.15) is 0 Å². The Bertz CT molecular complexity index is 1760. The lowest BCUT2D eigenvalue weighted by atomic mass is 9.69. The molecule has 0 nitrogen and oxygen atoms in total. The molecule has 0 aliphatic heterocycles. The smallest absolute Gasteiger partial charge is 0.0321 e. The normalized spacial score (nSPS) is 22.2. The molecule has 3 atom stereocenters. The molecule has 3 aromatic rings. The van der Waals surface area contributed by atoms with Crippen molar-refractivity contribution >= 4 is 11.1 Å². The van der Waals surface area contributed by atoms with Crippen LogP contribution in [0.3, 0.4) is 0 Å². The van der Waals surface area contributed by atoms with Crippen molar-refractivity contribution in [2.24, 2.45) is 23.7 Å². The zero-order valence-electron chi connectivity index (χ0n) is 29.1. The van der Waals surface area contributed by atoms with Crippen LogP contribution in [-0.4, -0.2) is 0 Å². The summed E-state index contributed by atoms with van der Waals surface area (Å²) >= 11 is 0. The highest BCUT2D eigenvalue weighted by Crippen LogP contribution is 2.44. The third-order valence-electron chi connectivity index (χ3n) is 10.9. The van der Waals surface area contributed by atoms with Gasteiger partial charge in [0.2, 0.25) is 0 Å². The largest absolute Gasteiger partial charge is 0.115 e. The Labute approximate surface area is 290 Å². The number of terminal acetylenes is 1. The zero-order valence-corrected chi connectivity index (χ0v) is 29.1. The summed E-state index contributed by atoms with van der Waals surface area (Å²) in [4.78, 5) is 0. The molecule has 0 aromatic heterocycles. The molecule has 0 spiro atoms. The highest BCUT2D eigenvalue weighted by Gasteiger charge is 2.30. The van der Waals surface area contributed by atoms with Gasteiger partial charge in [0, 0.05) is 11.5 Å². The quantitative estimate of drug-likeness (QED) is 0.130. The van der Waals surface area contributed by atoms with Gasteiger partial charge in [0.05, 0.1) is 0 Å². The van der Waals surface area contributed by atoms with Crippen LogP contribution in [0.5, 0.6) is 0 Å². The van der Waals surface area contributed by atoms with Crippen LogP contribution < -0.4 is 0 Å². The van der Waals surface area contributed by atoms with Crippen molar-refractivity contribution in [1.29, 1.82) is 0 Å². The van der Waals surface area contributed by atoms with E-state index in [1.165, 1.54) is 75.8 Å². The number of hydrogen-bond acceptors (Lipinski definition) is 0. The van der Waals surface area contributed by atoms with Crippen LogP contribution in [0.25, 0.3) is 11.1 Å². The topological polar surface area (TPSA) is 0 Å². The fourth-order valence-corrected chi connectivity index (χ4v) is 8.15. The molecular formula is C48H52. The average molecular weight is 629 g/mol. The summed E-state index contributed by atoms with van der Waals surface area (Å²) in [5.41, 5.74) is 13.0. The molecular weight excluding hydrogens is 577 g/mol. The summed E-state index contributed by atoms with van der Waals surface area (Å²) < 4.78 is 0. The molecule has 3 aromatic carbocycles. The maximum atomic E-state index is 5.98. The second-order valence-corrected chi connectivity index (χ2v) is 14.7. The van der Waals surface area contributed by atoms with Crippen LogP contribution in [0, 0.1) is 36.0 Å². The van der Waals surface area contributed by atoms with E-state index in [2.05, 4.69) is 136 Å². The van der Waals surface area contributed by atoms with E-state index in [0.29, 0.717) is 29.6 Å². The van der Waals surface area contributed by atoms with Crippen molar-refractivity contribution in [2.45, 2.75) is 77.6 Å². The summed E-state index contributed by atoms with van der Waals surface area (Å²) in [6, 6.07) is 27.2. The van der Waals surface area contributed by atoms with Crippen LogP contribution in [-0.2, 0) is 12.8 Å². The Hall–Kier alpha value is -4.34. The maximum absolute atomic E-state index is 5.98. The third-order valence-corrected chi connectivity index (χ3v) is 10.9. The molecule has 1 fully saturated rings. The van der Waals surface area contributed by atoms with Gasteiger partial charge in [-0.25, -0.2) is 0 Å². The minimum absolute atomic E-state index is 0.399. The van der Waals surface area contributed by atoms with Gasteiger partial charge in [-0.3, -0.25) is 0 Å². The van der Waals surface area contributed by atoms with E-state index in [0.717, 1.165) is 37.7 Å². The first-order valence-corrected chi connectivity index (χ1v) is 18.2. The Kier molecular flexibility index (Phi) is 11.0. The number of hydrogen-bond donors (Lipinski definition) is 0. The van der Waals surface area contributed by atoms with Gasteiger partial charge in [-0.05, 0) is 139 Å². The molecule has 0 heterocycles. The van der Waals surface area contributed by atoms with Crippen molar-refractivity contribution in [3.63, 3.8) is 0 Å². The minimum Gasteiger partial charge on any atom is -0.115 e. The van der Waals surface area contributed by atoms with Crippen LogP contribution >= 0.6 is 0 Å².